The monoisotopic (exact) mass is 592 g/mol. The Balaban J connectivity index is 1.44. The number of nitrogens with one attached hydrogen (secondary N) is 1. The van der Waals surface area contributed by atoms with Crippen LogP contribution in [0.3, 0.4) is 0 Å². The largest absolute Gasteiger partial charge is 0.374 e. The fourth-order valence-corrected chi connectivity index (χ4v) is 8.37. The third kappa shape index (κ3) is 2.99. The molecule has 44 heavy (non-hydrogen) atoms. The van der Waals surface area contributed by atoms with Gasteiger partial charge in [0.15, 0.2) is 12.0 Å². The molecule has 5 atom stereocenters. The van der Waals surface area contributed by atoms with Crippen molar-refractivity contribution in [3.05, 3.63) is 95.6 Å². The molecule has 1 fully saturated rings. The Morgan fingerprint density at radius 2 is 1.64 bits per heavy atom. The number of rotatable bonds is 3. The second-order valence-corrected chi connectivity index (χ2v) is 12.2. The van der Waals surface area contributed by atoms with Gasteiger partial charge in [-0.25, -0.2) is 0 Å². The summed E-state index contributed by atoms with van der Waals surface area (Å²) in [7, 11) is 3.50. The molecule has 1 unspecified atom stereocenters. The van der Waals surface area contributed by atoms with E-state index in [0.717, 1.165) is 43.6 Å². The van der Waals surface area contributed by atoms with Crippen LogP contribution in [0.15, 0.2) is 78.9 Å². The predicted molar refractivity (Wildman–Crippen MR) is 166 cm³/mol. The van der Waals surface area contributed by atoms with Gasteiger partial charge in [0.25, 0.3) is 11.8 Å². The first-order chi connectivity index (χ1) is 21.3. The summed E-state index contributed by atoms with van der Waals surface area (Å²) in [5.41, 5.74) is 4.17. The van der Waals surface area contributed by atoms with Gasteiger partial charge in [-0.2, -0.15) is 0 Å². The van der Waals surface area contributed by atoms with Crippen LogP contribution in [-0.2, 0) is 15.2 Å². The topological polar surface area (TPSA) is 98.0 Å². The lowest BCUT2D eigenvalue weighted by molar-refractivity contribution is -0.264. The number of aromatic nitrogens is 2. The van der Waals surface area contributed by atoms with E-state index in [1.807, 2.05) is 92.8 Å². The average molecular weight is 593 g/mol. The van der Waals surface area contributed by atoms with Gasteiger partial charge in [0.1, 0.15) is 12.3 Å². The molecule has 1 saturated heterocycles. The molecule has 3 aliphatic rings. The number of carbonyl (C=O) groups is 2. The number of likely N-dealkylation sites (N-methyl/N-ethyl adjacent to an activating group) is 1. The highest BCUT2D eigenvalue weighted by Crippen LogP contribution is 2.55. The normalized spacial score (nSPS) is 25.6. The third-order valence-corrected chi connectivity index (χ3v) is 10.1. The summed E-state index contributed by atoms with van der Waals surface area (Å²) in [5, 5.41) is 17.5. The molecule has 0 spiro atoms. The summed E-state index contributed by atoms with van der Waals surface area (Å²) in [5.74, 6) is -0.393. The maximum atomic E-state index is 13.9. The van der Waals surface area contributed by atoms with Crippen LogP contribution < -0.4 is 5.32 Å². The van der Waals surface area contributed by atoms with Crippen molar-refractivity contribution >= 4 is 55.4 Å². The standard InChI is InChI=1S/C35H30N4O5/c1-35-31(43-3)23(37(2)34(42)18-11-5-4-6-12-18)17-24(44-35)38-21-15-9-7-13-19(21)25-27-28(33(41)36-32(27)40)26-20-14-8-10-16-22(20)39(35)30(26)29(25)38/h4-16,23-24,31,33,41H,17H2,1-3H3,(H,36,40)/t23-,24+,31-,33?,35+/m1/s1/i4+1,5+1,6+1,11+1,12+1,18+1. The minimum Gasteiger partial charge on any atom is -0.374 e. The van der Waals surface area contributed by atoms with E-state index in [0.29, 0.717) is 23.1 Å². The number of fused-ring (bicyclic) bond motifs is 13. The Morgan fingerprint density at radius 3 is 2.36 bits per heavy atom. The summed E-state index contributed by atoms with van der Waals surface area (Å²) in [6, 6.07) is 25.0. The fraction of sp³-hybridized carbons (Fsp3) is 0.257. The van der Waals surface area contributed by atoms with Crippen LogP contribution in [0.1, 0.15) is 52.1 Å². The van der Waals surface area contributed by atoms with Crippen molar-refractivity contribution in [3.63, 3.8) is 0 Å². The molecule has 2 N–H and O–H groups in total. The van der Waals surface area contributed by atoms with E-state index in [9.17, 15) is 14.7 Å². The van der Waals surface area contributed by atoms with Gasteiger partial charge < -0.3 is 33.9 Å². The third-order valence-electron chi connectivity index (χ3n) is 10.1. The van der Waals surface area contributed by atoms with Crippen molar-refractivity contribution in [1.82, 2.24) is 19.4 Å². The Labute approximate surface area is 252 Å². The number of hydrogen-bond acceptors (Lipinski definition) is 5. The zero-order chi connectivity index (χ0) is 30.1. The maximum Gasteiger partial charge on any atom is 0.254 e. The van der Waals surface area contributed by atoms with Crippen molar-refractivity contribution in [1.29, 1.82) is 0 Å². The molecule has 9 nitrogen and oxygen atoms in total. The number of nitrogens with zero attached hydrogens (tertiary/aromatic N) is 3. The average Bonchev–Trinajstić information content (AvgIpc) is 3.65. The van der Waals surface area contributed by atoms with E-state index < -0.39 is 24.3 Å². The summed E-state index contributed by atoms with van der Waals surface area (Å²) in [4.78, 5) is 29.3. The minimum absolute atomic E-state index is 0.0961. The SMILES string of the molecule is CO[C@@H]1[C@H](N(C)C(=O)[13c]2[13cH][13cH][13cH][13cH][13cH]2)C[C@@H]2O[C@]1(C)n1c3ccccc3c3c4c(c5c6ccccc6n2c5c31)C(=O)NC4O. The zero-order valence-corrected chi connectivity index (χ0v) is 24.4. The molecule has 9 heteroatoms. The molecule has 5 heterocycles. The predicted octanol–water partition coefficient (Wildman–Crippen LogP) is 5.40. The first kappa shape index (κ1) is 25.8. The molecular weight excluding hydrogens is 562 g/mol. The molecule has 6 aromatic rings. The number of aliphatic hydroxyl groups is 1. The molecule has 2 aromatic heterocycles. The molecule has 9 rings (SSSR count). The van der Waals surface area contributed by atoms with Gasteiger partial charge in [0.2, 0.25) is 0 Å². The highest BCUT2D eigenvalue weighted by Gasteiger charge is 2.55. The number of carbonyl (C=O) groups excluding carboxylic acids is 2. The van der Waals surface area contributed by atoms with Gasteiger partial charge in [-0.3, -0.25) is 9.59 Å². The van der Waals surface area contributed by atoms with Crippen LogP contribution in [0.4, 0.5) is 0 Å². The van der Waals surface area contributed by atoms with E-state index in [1.165, 1.54) is 0 Å². The molecule has 3 aliphatic heterocycles. The fourth-order valence-electron chi connectivity index (χ4n) is 8.37. The van der Waals surface area contributed by atoms with Crippen molar-refractivity contribution in [2.24, 2.45) is 0 Å². The van der Waals surface area contributed by atoms with Crippen molar-refractivity contribution < 1.29 is 24.2 Å². The molecule has 4 aromatic carbocycles. The summed E-state index contributed by atoms with van der Waals surface area (Å²) >= 11 is 0. The second kappa shape index (κ2) is 8.69. The number of aliphatic hydroxyl groups excluding tert-OH is 1. The molecule has 2 amide bonds. The molecule has 0 saturated carbocycles. The smallest absolute Gasteiger partial charge is 0.254 e. The van der Waals surface area contributed by atoms with E-state index in [4.69, 9.17) is 9.47 Å². The van der Waals surface area contributed by atoms with Crippen LogP contribution in [0.5, 0.6) is 0 Å². The van der Waals surface area contributed by atoms with Crippen LogP contribution in [0, 0.1) is 0 Å². The number of para-hydroxylation sites is 2. The zero-order valence-electron chi connectivity index (χ0n) is 24.4. The van der Waals surface area contributed by atoms with Crippen molar-refractivity contribution in [2.45, 2.75) is 43.7 Å². The molecular formula is C35H30N4O5. The molecule has 220 valence electrons. The van der Waals surface area contributed by atoms with Crippen LogP contribution >= 0.6 is 0 Å². The number of benzene rings is 4. The number of hydrogen-bond donors (Lipinski definition) is 2. The first-order valence-corrected chi connectivity index (χ1v) is 14.9. The van der Waals surface area contributed by atoms with Gasteiger partial charge in [0, 0.05) is 53.3 Å². The van der Waals surface area contributed by atoms with E-state index in [-0.39, 0.29) is 17.9 Å². The Kier molecular flexibility index (Phi) is 5.09. The summed E-state index contributed by atoms with van der Waals surface area (Å²) in [6.45, 7) is 2.03. The highest BCUT2D eigenvalue weighted by atomic mass is 16.6. The second-order valence-electron chi connectivity index (χ2n) is 12.2. The number of methoxy groups -OCH3 is 1. The highest BCUT2D eigenvalue weighted by molar-refractivity contribution is 6.31. The van der Waals surface area contributed by atoms with E-state index in [2.05, 4.69) is 14.5 Å². The van der Waals surface area contributed by atoms with Crippen LogP contribution in [0.2, 0.25) is 0 Å². The lowest BCUT2D eigenvalue weighted by Gasteiger charge is -2.50. The Morgan fingerprint density at radius 1 is 0.977 bits per heavy atom. The van der Waals surface area contributed by atoms with Crippen LogP contribution in [-0.4, -0.2) is 57.3 Å². The Hall–Kier alpha value is -4.70. The summed E-state index contributed by atoms with van der Waals surface area (Å²) in [6.07, 6.45) is -1.73. The van der Waals surface area contributed by atoms with Crippen LogP contribution in [0.25, 0.3) is 43.6 Å². The number of ether oxygens (including phenoxy) is 2. The quantitative estimate of drug-likeness (QED) is 0.287. The van der Waals surface area contributed by atoms with Gasteiger partial charge in [-0.15, -0.1) is 0 Å². The van der Waals surface area contributed by atoms with Gasteiger partial charge in [-0.1, -0.05) is 54.6 Å². The molecule has 2 bridgehead atoms. The van der Waals surface area contributed by atoms with E-state index in [1.54, 1.807) is 12.0 Å². The number of amides is 2. The van der Waals surface area contributed by atoms with Crippen molar-refractivity contribution in [2.75, 3.05) is 14.2 Å². The summed E-state index contributed by atoms with van der Waals surface area (Å²) < 4.78 is 17.9. The van der Waals surface area contributed by atoms with Gasteiger partial charge >= 0.3 is 0 Å². The first-order valence-electron chi connectivity index (χ1n) is 14.9. The van der Waals surface area contributed by atoms with Gasteiger partial charge in [-0.05, 0) is 31.2 Å². The van der Waals surface area contributed by atoms with Gasteiger partial charge in [0.05, 0.1) is 33.7 Å². The lowest BCUT2D eigenvalue weighted by Crippen LogP contribution is -2.61. The Bertz CT molecular complexity index is 2220. The lowest BCUT2D eigenvalue weighted by atomic mass is 9.91. The minimum atomic E-state index is -1.15. The van der Waals surface area contributed by atoms with E-state index >= 15 is 0 Å². The molecule has 0 aliphatic carbocycles. The van der Waals surface area contributed by atoms with Crippen molar-refractivity contribution in [3.8, 4) is 0 Å². The molecule has 0 radical (unpaired) electrons. The maximum absolute atomic E-state index is 13.9.